The number of rotatable bonds is 6. The number of carbonyl (C=O) groups is 1. The van der Waals surface area contributed by atoms with Crippen LogP contribution in [0.5, 0.6) is 0 Å². The minimum Gasteiger partial charge on any atom is -0.377 e. The Labute approximate surface area is 184 Å². The fraction of sp³-hybridized carbons (Fsp3) is 0.333. The van der Waals surface area contributed by atoms with E-state index >= 15 is 0 Å². The van der Waals surface area contributed by atoms with Crippen molar-refractivity contribution in [1.82, 2.24) is 9.88 Å². The van der Waals surface area contributed by atoms with Gasteiger partial charge in [-0.15, -0.1) is 0 Å². The fourth-order valence-electron chi connectivity index (χ4n) is 4.25. The monoisotopic (exact) mass is 414 g/mol. The zero-order valence-electron chi connectivity index (χ0n) is 18.4. The molecule has 0 spiro atoms. The summed E-state index contributed by atoms with van der Waals surface area (Å²) in [6, 6.07) is 22.5. The van der Waals surface area contributed by atoms with E-state index in [1.165, 1.54) is 11.1 Å². The van der Waals surface area contributed by atoms with E-state index < -0.39 is 0 Å². The second-order valence-electron chi connectivity index (χ2n) is 8.21. The molecular formula is C27H30N2O2. The second-order valence-corrected chi connectivity index (χ2v) is 8.21. The number of aromatic nitrogens is 1. The van der Waals surface area contributed by atoms with Crippen LogP contribution in [-0.4, -0.2) is 35.5 Å². The summed E-state index contributed by atoms with van der Waals surface area (Å²) in [5, 5.41) is 0. The average molecular weight is 415 g/mol. The van der Waals surface area contributed by atoms with Gasteiger partial charge in [0.2, 0.25) is 0 Å². The Morgan fingerprint density at radius 2 is 1.84 bits per heavy atom. The lowest BCUT2D eigenvalue weighted by molar-refractivity contribution is 0.0705. The highest BCUT2D eigenvalue weighted by atomic mass is 16.5. The Bertz CT molecular complexity index is 1020. The van der Waals surface area contributed by atoms with E-state index in [0.29, 0.717) is 19.8 Å². The van der Waals surface area contributed by atoms with Crippen molar-refractivity contribution in [2.75, 3.05) is 19.7 Å². The van der Waals surface area contributed by atoms with Crippen molar-refractivity contribution in [3.63, 3.8) is 0 Å². The van der Waals surface area contributed by atoms with Gasteiger partial charge in [0.05, 0.1) is 6.61 Å². The number of nitrogens with zero attached hydrogens (tertiary/aromatic N) is 2. The van der Waals surface area contributed by atoms with E-state index in [2.05, 4.69) is 36.4 Å². The molecule has 4 rings (SSSR count). The van der Waals surface area contributed by atoms with Gasteiger partial charge in [0.1, 0.15) is 0 Å². The van der Waals surface area contributed by atoms with Crippen molar-refractivity contribution in [3.05, 3.63) is 89.2 Å². The number of amides is 1. The third-order valence-corrected chi connectivity index (χ3v) is 5.88. The number of likely N-dealkylation sites (tertiary alicyclic amines) is 1. The Morgan fingerprint density at radius 1 is 1.06 bits per heavy atom. The molecule has 31 heavy (non-hydrogen) atoms. The summed E-state index contributed by atoms with van der Waals surface area (Å²) in [6.07, 6.45) is 2.05. The highest BCUT2D eigenvalue weighted by Crippen LogP contribution is 2.30. The molecule has 4 heteroatoms. The molecule has 0 saturated carbocycles. The van der Waals surface area contributed by atoms with Gasteiger partial charge in [-0.05, 0) is 67.6 Å². The molecule has 1 saturated heterocycles. The van der Waals surface area contributed by atoms with Gasteiger partial charge in [-0.25, -0.2) is 0 Å². The first-order valence-corrected chi connectivity index (χ1v) is 11.1. The summed E-state index contributed by atoms with van der Waals surface area (Å²) in [6.45, 7) is 6.81. The summed E-state index contributed by atoms with van der Waals surface area (Å²) in [4.78, 5) is 20.0. The first-order chi connectivity index (χ1) is 15.1. The first kappa shape index (κ1) is 21.3. The molecule has 1 atom stereocenters. The average Bonchev–Trinajstić information content (AvgIpc) is 2.83. The van der Waals surface area contributed by atoms with Gasteiger partial charge in [0.15, 0.2) is 0 Å². The van der Waals surface area contributed by atoms with Gasteiger partial charge < -0.3 is 9.64 Å². The lowest BCUT2D eigenvalue weighted by Crippen LogP contribution is -2.39. The third-order valence-electron chi connectivity index (χ3n) is 5.88. The van der Waals surface area contributed by atoms with E-state index in [4.69, 9.17) is 9.72 Å². The van der Waals surface area contributed by atoms with Gasteiger partial charge in [0.25, 0.3) is 5.91 Å². The SMILES string of the molecule is CCOCc1ccc(C(=O)N2CCCC(c3cc(-c4ccccc4)cc(C)n3)C2)cc1. The summed E-state index contributed by atoms with van der Waals surface area (Å²) in [5.41, 5.74) is 6.32. The van der Waals surface area contributed by atoms with Crippen molar-refractivity contribution >= 4 is 5.91 Å². The number of hydrogen-bond acceptors (Lipinski definition) is 3. The number of pyridine rings is 1. The number of piperidine rings is 1. The number of aryl methyl sites for hydroxylation is 1. The number of carbonyl (C=O) groups excluding carboxylic acids is 1. The van der Waals surface area contributed by atoms with Gasteiger partial charge in [-0.1, -0.05) is 42.5 Å². The van der Waals surface area contributed by atoms with Crippen LogP contribution in [0.15, 0.2) is 66.7 Å². The summed E-state index contributed by atoms with van der Waals surface area (Å²) < 4.78 is 5.45. The lowest BCUT2D eigenvalue weighted by Gasteiger charge is -2.33. The highest BCUT2D eigenvalue weighted by molar-refractivity contribution is 5.94. The Hall–Kier alpha value is -2.98. The maximum atomic E-state index is 13.1. The number of hydrogen-bond donors (Lipinski definition) is 0. The van der Waals surface area contributed by atoms with Crippen LogP contribution >= 0.6 is 0 Å². The van der Waals surface area contributed by atoms with E-state index in [9.17, 15) is 4.79 Å². The predicted molar refractivity (Wildman–Crippen MR) is 124 cm³/mol. The standard InChI is InChI=1S/C27H30N2O2/c1-3-31-19-21-11-13-23(14-12-21)27(30)29-15-7-10-24(18-29)26-17-25(16-20(2)28-26)22-8-5-4-6-9-22/h4-6,8-9,11-14,16-17,24H,3,7,10,15,18-19H2,1-2H3. The second kappa shape index (κ2) is 9.88. The molecule has 2 aromatic carbocycles. The molecule has 1 fully saturated rings. The van der Waals surface area contributed by atoms with Gasteiger partial charge >= 0.3 is 0 Å². The largest absolute Gasteiger partial charge is 0.377 e. The third kappa shape index (κ3) is 5.20. The van der Waals surface area contributed by atoms with Crippen LogP contribution < -0.4 is 0 Å². The minimum absolute atomic E-state index is 0.101. The maximum Gasteiger partial charge on any atom is 0.253 e. The molecule has 0 N–H and O–H groups in total. The normalized spacial score (nSPS) is 16.3. The molecule has 0 radical (unpaired) electrons. The Kier molecular flexibility index (Phi) is 6.78. The summed E-state index contributed by atoms with van der Waals surface area (Å²) in [7, 11) is 0. The van der Waals surface area contributed by atoms with Crippen molar-refractivity contribution < 1.29 is 9.53 Å². The highest BCUT2D eigenvalue weighted by Gasteiger charge is 2.26. The van der Waals surface area contributed by atoms with Crippen LogP contribution in [0.25, 0.3) is 11.1 Å². The molecule has 3 aromatic rings. The van der Waals surface area contributed by atoms with E-state index in [1.54, 1.807) is 0 Å². The molecule has 1 amide bonds. The number of ether oxygens (including phenoxy) is 1. The van der Waals surface area contributed by atoms with Crippen molar-refractivity contribution in [2.24, 2.45) is 0 Å². The zero-order chi connectivity index (χ0) is 21.6. The number of benzene rings is 2. The van der Waals surface area contributed by atoms with Crippen molar-refractivity contribution in [2.45, 2.75) is 39.2 Å². The molecule has 2 heterocycles. The van der Waals surface area contributed by atoms with Crippen LogP contribution in [0, 0.1) is 6.92 Å². The topological polar surface area (TPSA) is 42.4 Å². The molecular weight excluding hydrogens is 384 g/mol. The van der Waals surface area contributed by atoms with Gasteiger partial charge in [0, 0.05) is 42.6 Å². The molecule has 1 aliphatic rings. The molecule has 160 valence electrons. The van der Waals surface area contributed by atoms with Crippen LogP contribution in [0.2, 0.25) is 0 Å². The predicted octanol–water partition coefficient (Wildman–Crippen LogP) is 5.61. The van der Waals surface area contributed by atoms with E-state index in [-0.39, 0.29) is 11.8 Å². The minimum atomic E-state index is 0.101. The summed E-state index contributed by atoms with van der Waals surface area (Å²) >= 11 is 0. The maximum absolute atomic E-state index is 13.1. The van der Waals surface area contributed by atoms with Crippen LogP contribution in [-0.2, 0) is 11.3 Å². The fourth-order valence-corrected chi connectivity index (χ4v) is 4.25. The van der Waals surface area contributed by atoms with E-state index in [1.807, 2.05) is 49.1 Å². The van der Waals surface area contributed by atoms with Gasteiger partial charge in [-0.3, -0.25) is 9.78 Å². The lowest BCUT2D eigenvalue weighted by atomic mass is 9.91. The Balaban J connectivity index is 1.50. The zero-order valence-corrected chi connectivity index (χ0v) is 18.4. The molecule has 4 nitrogen and oxygen atoms in total. The van der Waals surface area contributed by atoms with E-state index in [0.717, 1.165) is 41.9 Å². The van der Waals surface area contributed by atoms with Crippen molar-refractivity contribution in [3.8, 4) is 11.1 Å². The molecule has 1 unspecified atom stereocenters. The van der Waals surface area contributed by atoms with Gasteiger partial charge in [-0.2, -0.15) is 0 Å². The Morgan fingerprint density at radius 3 is 2.58 bits per heavy atom. The van der Waals surface area contributed by atoms with Crippen LogP contribution in [0.4, 0.5) is 0 Å². The smallest absolute Gasteiger partial charge is 0.253 e. The molecule has 1 aliphatic heterocycles. The van der Waals surface area contributed by atoms with Crippen LogP contribution in [0.3, 0.4) is 0 Å². The molecule has 1 aromatic heterocycles. The molecule has 0 bridgehead atoms. The van der Waals surface area contributed by atoms with Crippen molar-refractivity contribution in [1.29, 1.82) is 0 Å². The van der Waals surface area contributed by atoms with Crippen LogP contribution in [0.1, 0.15) is 53.0 Å². The molecule has 0 aliphatic carbocycles. The quantitative estimate of drug-likeness (QED) is 0.526. The summed E-state index contributed by atoms with van der Waals surface area (Å²) in [5.74, 6) is 0.362. The first-order valence-electron chi connectivity index (χ1n) is 11.1.